The molecule has 2 atom stereocenters. The largest absolute Gasteiger partial charge is 0.481 e. The predicted molar refractivity (Wildman–Crippen MR) is 53.5 cm³/mol. The maximum Gasteiger partial charge on any atom is 0.304 e. The Kier molecular flexibility index (Phi) is 4.40. The fraction of sp³-hybridized carbons (Fsp3) is 0.900. The third-order valence-corrected chi connectivity index (χ3v) is 2.08. The van der Waals surface area contributed by atoms with Gasteiger partial charge in [-0.05, 0) is 17.8 Å². The second-order valence-corrected chi connectivity index (χ2v) is 5.00. The molecule has 3 N–H and O–H groups in total. The molecule has 0 rings (SSSR count). The van der Waals surface area contributed by atoms with E-state index in [9.17, 15) is 4.79 Å². The third-order valence-electron chi connectivity index (χ3n) is 2.08. The van der Waals surface area contributed by atoms with E-state index in [2.05, 4.69) is 20.8 Å². The molecule has 0 saturated heterocycles. The van der Waals surface area contributed by atoms with Crippen molar-refractivity contribution >= 4 is 5.97 Å². The van der Waals surface area contributed by atoms with E-state index in [0.29, 0.717) is 0 Å². The van der Waals surface area contributed by atoms with Gasteiger partial charge in [-0.25, -0.2) is 0 Å². The van der Waals surface area contributed by atoms with Gasteiger partial charge in [-0.1, -0.05) is 27.7 Å². The summed E-state index contributed by atoms with van der Waals surface area (Å²) in [5.41, 5.74) is 5.96. The molecule has 2 unspecified atom stereocenters. The molecule has 0 heterocycles. The minimum atomic E-state index is -0.812. The van der Waals surface area contributed by atoms with Gasteiger partial charge in [0.1, 0.15) is 0 Å². The number of hydrogen-bond donors (Lipinski definition) is 2. The zero-order valence-electron chi connectivity index (χ0n) is 9.00. The average molecular weight is 187 g/mol. The first-order valence-electron chi connectivity index (χ1n) is 4.70. The van der Waals surface area contributed by atoms with E-state index < -0.39 is 5.97 Å². The number of nitrogens with two attached hydrogens (primary N) is 1. The summed E-state index contributed by atoms with van der Waals surface area (Å²) in [6, 6.07) is -0.225. The highest BCUT2D eigenvalue weighted by atomic mass is 16.4. The SMILES string of the molecule is CC(CC(C)(C)C)C(N)CC(=O)O. The molecule has 0 amide bonds. The van der Waals surface area contributed by atoms with Crippen LogP contribution in [0.3, 0.4) is 0 Å². The van der Waals surface area contributed by atoms with Crippen LogP contribution in [0.25, 0.3) is 0 Å². The standard InChI is InChI=1S/C10H21NO2/c1-7(6-10(2,3)4)8(11)5-9(12)13/h7-8H,5-6,11H2,1-4H3,(H,12,13). The van der Waals surface area contributed by atoms with Gasteiger partial charge >= 0.3 is 5.97 Å². The Morgan fingerprint density at radius 2 is 1.92 bits per heavy atom. The third kappa shape index (κ3) is 6.58. The van der Waals surface area contributed by atoms with E-state index in [1.807, 2.05) is 6.92 Å². The van der Waals surface area contributed by atoms with Crippen molar-refractivity contribution in [3.8, 4) is 0 Å². The van der Waals surface area contributed by atoms with Crippen molar-refractivity contribution in [3.63, 3.8) is 0 Å². The van der Waals surface area contributed by atoms with Crippen LogP contribution in [0.15, 0.2) is 0 Å². The van der Waals surface area contributed by atoms with E-state index in [1.165, 1.54) is 0 Å². The summed E-state index contributed by atoms with van der Waals surface area (Å²) in [7, 11) is 0. The monoisotopic (exact) mass is 187 g/mol. The Hall–Kier alpha value is -0.570. The van der Waals surface area contributed by atoms with Crippen molar-refractivity contribution in [1.29, 1.82) is 0 Å². The molecule has 3 nitrogen and oxygen atoms in total. The summed E-state index contributed by atoms with van der Waals surface area (Å²) < 4.78 is 0. The molecule has 0 aliphatic heterocycles. The van der Waals surface area contributed by atoms with Crippen LogP contribution in [0.2, 0.25) is 0 Å². The summed E-state index contributed by atoms with van der Waals surface area (Å²) in [5.74, 6) is -0.552. The molecule has 0 aromatic rings. The molecular formula is C10H21NO2. The first-order chi connectivity index (χ1) is 5.72. The van der Waals surface area contributed by atoms with Crippen molar-refractivity contribution in [2.75, 3.05) is 0 Å². The van der Waals surface area contributed by atoms with Crippen molar-refractivity contribution in [2.24, 2.45) is 17.1 Å². The average Bonchev–Trinajstić information content (AvgIpc) is 1.81. The highest BCUT2D eigenvalue weighted by Crippen LogP contribution is 2.26. The van der Waals surface area contributed by atoms with Gasteiger partial charge in [-0.2, -0.15) is 0 Å². The van der Waals surface area contributed by atoms with Gasteiger partial charge in [-0.3, -0.25) is 4.79 Å². The van der Waals surface area contributed by atoms with E-state index >= 15 is 0 Å². The number of carboxylic acids is 1. The Labute approximate surface area is 80.3 Å². The number of hydrogen-bond acceptors (Lipinski definition) is 2. The molecule has 3 heteroatoms. The van der Waals surface area contributed by atoms with Gasteiger partial charge in [0.2, 0.25) is 0 Å². The van der Waals surface area contributed by atoms with Crippen LogP contribution in [-0.2, 0) is 4.79 Å². The van der Waals surface area contributed by atoms with Crippen molar-refractivity contribution < 1.29 is 9.90 Å². The second-order valence-electron chi connectivity index (χ2n) is 5.00. The minimum absolute atomic E-state index is 0.0667. The van der Waals surface area contributed by atoms with Crippen LogP contribution in [0, 0.1) is 11.3 Å². The van der Waals surface area contributed by atoms with E-state index in [1.54, 1.807) is 0 Å². The van der Waals surface area contributed by atoms with Crippen LogP contribution in [0.1, 0.15) is 40.5 Å². The topological polar surface area (TPSA) is 63.3 Å². The smallest absolute Gasteiger partial charge is 0.304 e. The fourth-order valence-electron chi connectivity index (χ4n) is 1.52. The summed E-state index contributed by atoms with van der Waals surface area (Å²) in [4.78, 5) is 10.4. The van der Waals surface area contributed by atoms with Crippen LogP contribution in [0.5, 0.6) is 0 Å². The first-order valence-corrected chi connectivity index (χ1v) is 4.70. The van der Waals surface area contributed by atoms with Gasteiger partial charge in [0.05, 0.1) is 6.42 Å². The lowest BCUT2D eigenvalue weighted by Crippen LogP contribution is -2.33. The summed E-state index contributed by atoms with van der Waals surface area (Å²) in [6.07, 6.45) is 1.03. The predicted octanol–water partition coefficient (Wildman–Crippen LogP) is 1.86. The zero-order chi connectivity index (χ0) is 10.6. The van der Waals surface area contributed by atoms with Crippen molar-refractivity contribution in [3.05, 3.63) is 0 Å². The summed E-state index contributed by atoms with van der Waals surface area (Å²) in [5, 5.41) is 8.55. The molecule has 0 aromatic heterocycles. The molecule has 0 bridgehead atoms. The molecular weight excluding hydrogens is 166 g/mol. The lowest BCUT2D eigenvalue weighted by molar-refractivity contribution is -0.137. The van der Waals surface area contributed by atoms with E-state index in [0.717, 1.165) is 6.42 Å². The van der Waals surface area contributed by atoms with Crippen molar-refractivity contribution in [1.82, 2.24) is 0 Å². The normalized spacial score (nSPS) is 16.7. The number of aliphatic carboxylic acids is 1. The number of carboxylic acid groups (broad SMARTS) is 1. The highest BCUT2D eigenvalue weighted by molar-refractivity contribution is 5.67. The van der Waals surface area contributed by atoms with Crippen LogP contribution >= 0.6 is 0 Å². The molecule has 0 fully saturated rings. The molecule has 78 valence electrons. The Balaban J connectivity index is 3.96. The molecule has 0 aromatic carbocycles. The molecule has 0 saturated carbocycles. The fourth-order valence-corrected chi connectivity index (χ4v) is 1.52. The first kappa shape index (κ1) is 12.4. The van der Waals surface area contributed by atoms with Crippen molar-refractivity contribution in [2.45, 2.75) is 46.6 Å². The minimum Gasteiger partial charge on any atom is -0.481 e. The quantitative estimate of drug-likeness (QED) is 0.706. The van der Waals surface area contributed by atoms with Gasteiger partial charge < -0.3 is 10.8 Å². The maximum absolute atomic E-state index is 10.4. The number of carbonyl (C=O) groups is 1. The zero-order valence-corrected chi connectivity index (χ0v) is 9.00. The van der Waals surface area contributed by atoms with Crippen LogP contribution < -0.4 is 5.73 Å². The number of rotatable bonds is 4. The molecule has 0 radical (unpaired) electrons. The molecule has 0 aliphatic rings. The lowest BCUT2D eigenvalue weighted by Gasteiger charge is -2.26. The molecule has 0 aliphatic carbocycles. The van der Waals surface area contributed by atoms with E-state index in [4.69, 9.17) is 10.8 Å². The van der Waals surface area contributed by atoms with Gasteiger partial charge in [-0.15, -0.1) is 0 Å². The van der Waals surface area contributed by atoms with Gasteiger partial charge in [0.15, 0.2) is 0 Å². The maximum atomic E-state index is 10.4. The Morgan fingerprint density at radius 1 is 1.46 bits per heavy atom. The van der Waals surface area contributed by atoms with E-state index in [-0.39, 0.29) is 23.8 Å². The van der Waals surface area contributed by atoms with Crippen LogP contribution in [0.4, 0.5) is 0 Å². The Morgan fingerprint density at radius 3 is 2.23 bits per heavy atom. The second kappa shape index (κ2) is 4.61. The van der Waals surface area contributed by atoms with Gasteiger partial charge in [0.25, 0.3) is 0 Å². The van der Waals surface area contributed by atoms with Gasteiger partial charge in [0, 0.05) is 6.04 Å². The summed E-state index contributed by atoms with van der Waals surface area (Å²) in [6.45, 7) is 8.42. The highest BCUT2D eigenvalue weighted by Gasteiger charge is 2.21. The van der Waals surface area contributed by atoms with Crippen LogP contribution in [-0.4, -0.2) is 17.1 Å². The molecule has 0 spiro atoms. The lowest BCUT2D eigenvalue weighted by atomic mass is 9.82. The Bertz CT molecular complexity index is 172. The molecule has 13 heavy (non-hydrogen) atoms. The summed E-state index contributed by atoms with van der Waals surface area (Å²) >= 11 is 0.